The molecule has 0 radical (unpaired) electrons. The largest absolute Gasteiger partial charge is 0.366 e. The minimum atomic E-state index is 0.762. The van der Waals surface area contributed by atoms with E-state index in [1.54, 1.807) is 0 Å². The fourth-order valence-corrected chi connectivity index (χ4v) is 2.32. The summed E-state index contributed by atoms with van der Waals surface area (Å²) in [5.41, 5.74) is 3.59. The van der Waals surface area contributed by atoms with Crippen molar-refractivity contribution in [2.24, 2.45) is 0 Å². The molecule has 0 atom stereocenters. The molecule has 0 aliphatic carbocycles. The maximum atomic E-state index is 4.35. The first-order chi connectivity index (χ1) is 9.24. The summed E-state index contributed by atoms with van der Waals surface area (Å²) in [6, 6.07) is 10.3. The van der Waals surface area contributed by atoms with Crippen LogP contribution in [0.1, 0.15) is 11.1 Å². The molecule has 0 bridgehead atoms. The summed E-state index contributed by atoms with van der Waals surface area (Å²) in [5, 5.41) is 4.61. The molecule has 3 aromatic rings. The van der Waals surface area contributed by atoms with Gasteiger partial charge in [0.1, 0.15) is 5.82 Å². The van der Waals surface area contributed by atoms with E-state index in [9.17, 15) is 0 Å². The maximum Gasteiger partial charge on any atom is 0.126 e. The van der Waals surface area contributed by atoms with Gasteiger partial charge in [0.2, 0.25) is 0 Å². The van der Waals surface area contributed by atoms with Crippen LogP contribution in [-0.2, 0) is 6.54 Å². The van der Waals surface area contributed by atoms with Crippen LogP contribution in [0, 0.1) is 6.92 Å². The number of para-hydroxylation sites is 1. The second kappa shape index (κ2) is 5.05. The number of aryl methyl sites for hydroxylation is 1. The molecule has 2 N–H and O–H groups in total. The molecule has 1 aromatic carbocycles. The number of anilines is 1. The molecule has 19 heavy (non-hydrogen) atoms. The molecule has 0 aliphatic rings. The quantitative estimate of drug-likeness (QED) is 0.758. The van der Waals surface area contributed by atoms with E-state index in [4.69, 9.17) is 0 Å². The number of halogens is 1. The molecule has 0 spiro atoms. The van der Waals surface area contributed by atoms with E-state index in [1.807, 2.05) is 24.5 Å². The van der Waals surface area contributed by atoms with Crippen molar-refractivity contribution in [2.45, 2.75) is 13.5 Å². The van der Waals surface area contributed by atoms with Gasteiger partial charge in [0.25, 0.3) is 0 Å². The Labute approximate surface area is 120 Å². The van der Waals surface area contributed by atoms with Crippen molar-refractivity contribution in [1.29, 1.82) is 0 Å². The van der Waals surface area contributed by atoms with Gasteiger partial charge in [0.15, 0.2) is 0 Å². The molecule has 2 aromatic heterocycles. The van der Waals surface area contributed by atoms with Crippen LogP contribution in [-0.4, -0.2) is 9.97 Å². The number of pyridine rings is 1. The van der Waals surface area contributed by atoms with E-state index in [0.717, 1.165) is 16.8 Å². The number of hydrogen-bond donors (Lipinski definition) is 2. The van der Waals surface area contributed by atoms with Crippen LogP contribution < -0.4 is 5.32 Å². The molecule has 0 amide bonds. The summed E-state index contributed by atoms with van der Waals surface area (Å²) < 4.78 is 1.03. The highest BCUT2D eigenvalue weighted by molar-refractivity contribution is 9.10. The molecule has 0 aliphatic heterocycles. The van der Waals surface area contributed by atoms with Crippen LogP contribution in [0.15, 0.2) is 47.2 Å². The predicted octanol–water partition coefficient (Wildman–Crippen LogP) is 4.25. The lowest BCUT2D eigenvalue weighted by Gasteiger charge is -2.06. The first-order valence-corrected chi connectivity index (χ1v) is 6.94. The van der Waals surface area contributed by atoms with Crippen molar-refractivity contribution in [2.75, 3.05) is 5.32 Å². The monoisotopic (exact) mass is 315 g/mol. The van der Waals surface area contributed by atoms with Crippen molar-refractivity contribution in [3.05, 3.63) is 58.3 Å². The maximum absolute atomic E-state index is 4.35. The molecule has 3 nitrogen and oxygen atoms in total. The summed E-state index contributed by atoms with van der Waals surface area (Å²) in [5.74, 6) is 0.894. The number of nitrogens with zero attached hydrogens (tertiary/aromatic N) is 1. The second-order valence-electron chi connectivity index (χ2n) is 4.53. The van der Waals surface area contributed by atoms with Crippen LogP contribution in [0.3, 0.4) is 0 Å². The molecule has 96 valence electrons. The van der Waals surface area contributed by atoms with Crippen molar-refractivity contribution < 1.29 is 0 Å². The first-order valence-electron chi connectivity index (χ1n) is 6.15. The summed E-state index contributed by atoms with van der Waals surface area (Å²) in [6.45, 7) is 2.82. The third-order valence-corrected chi connectivity index (χ3v) is 4.01. The fraction of sp³-hybridized carbons (Fsp3) is 0.133. The van der Waals surface area contributed by atoms with Gasteiger partial charge >= 0.3 is 0 Å². The van der Waals surface area contributed by atoms with Crippen LogP contribution in [0.4, 0.5) is 5.82 Å². The number of H-pyrrole nitrogens is 1. The molecular formula is C15H14BrN3. The summed E-state index contributed by atoms with van der Waals surface area (Å²) >= 11 is 3.46. The Balaban J connectivity index is 1.80. The Morgan fingerprint density at radius 2 is 2.16 bits per heavy atom. The normalized spacial score (nSPS) is 10.8. The van der Waals surface area contributed by atoms with Gasteiger partial charge in [-0.2, -0.15) is 0 Å². The predicted molar refractivity (Wildman–Crippen MR) is 82.3 cm³/mol. The van der Waals surface area contributed by atoms with E-state index in [1.165, 1.54) is 22.0 Å². The summed E-state index contributed by atoms with van der Waals surface area (Å²) in [6.07, 6.45) is 3.87. The first kappa shape index (κ1) is 12.2. The molecular weight excluding hydrogens is 302 g/mol. The van der Waals surface area contributed by atoms with Gasteiger partial charge in [-0.15, -0.1) is 0 Å². The van der Waals surface area contributed by atoms with Gasteiger partial charge in [-0.1, -0.05) is 18.2 Å². The molecule has 0 unspecified atom stereocenters. The Kier molecular flexibility index (Phi) is 3.25. The Bertz CT molecular complexity index is 718. The molecule has 3 rings (SSSR count). The van der Waals surface area contributed by atoms with E-state index >= 15 is 0 Å². The number of hydrogen-bond acceptors (Lipinski definition) is 2. The lowest BCUT2D eigenvalue weighted by atomic mass is 10.2. The number of aromatic amines is 1. The lowest BCUT2D eigenvalue weighted by molar-refractivity contribution is 1.11. The van der Waals surface area contributed by atoms with Crippen LogP contribution in [0.2, 0.25) is 0 Å². The highest BCUT2D eigenvalue weighted by atomic mass is 79.9. The average Bonchev–Trinajstić information content (AvgIpc) is 2.83. The fourth-order valence-electron chi connectivity index (χ4n) is 2.10. The minimum absolute atomic E-state index is 0.762. The second-order valence-corrected chi connectivity index (χ2v) is 5.39. The Hall–Kier alpha value is -1.81. The third-order valence-electron chi connectivity index (χ3n) is 3.18. The van der Waals surface area contributed by atoms with Gasteiger partial charge in [-0.25, -0.2) is 4.98 Å². The average molecular weight is 316 g/mol. The number of benzene rings is 1. The van der Waals surface area contributed by atoms with Crippen molar-refractivity contribution in [3.63, 3.8) is 0 Å². The highest BCUT2D eigenvalue weighted by Crippen LogP contribution is 2.20. The zero-order chi connectivity index (χ0) is 13.2. The molecule has 0 saturated heterocycles. The number of aromatic nitrogens is 2. The third kappa shape index (κ3) is 2.49. The van der Waals surface area contributed by atoms with Gasteiger partial charge < -0.3 is 10.3 Å². The van der Waals surface area contributed by atoms with E-state index in [0.29, 0.717) is 0 Å². The van der Waals surface area contributed by atoms with E-state index < -0.39 is 0 Å². The Morgan fingerprint density at radius 1 is 1.32 bits per heavy atom. The molecule has 0 saturated carbocycles. The molecule has 4 heteroatoms. The lowest BCUT2D eigenvalue weighted by Crippen LogP contribution is -2.01. The highest BCUT2D eigenvalue weighted by Gasteiger charge is 2.03. The van der Waals surface area contributed by atoms with E-state index in [2.05, 4.69) is 56.3 Å². The standard InChI is InChI=1S/C15H14BrN3/c1-10-6-15(19-9-13(10)16)18-8-11-7-17-14-5-3-2-4-12(11)14/h2-7,9,17H,8H2,1H3,(H,18,19). The van der Waals surface area contributed by atoms with Crippen molar-refractivity contribution in [1.82, 2.24) is 9.97 Å². The van der Waals surface area contributed by atoms with Crippen LogP contribution >= 0.6 is 15.9 Å². The zero-order valence-electron chi connectivity index (χ0n) is 10.6. The van der Waals surface area contributed by atoms with E-state index in [-0.39, 0.29) is 0 Å². The number of fused-ring (bicyclic) bond motifs is 1. The topological polar surface area (TPSA) is 40.7 Å². The SMILES string of the molecule is Cc1cc(NCc2c[nH]c3ccccc23)ncc1Br. The molecule has 2 heterocycles. The van der Waals surface area contributed by atoms with Gasteiger partial charge in [0.05, 0.1) is 0 Å². The van der Waals surface area contributed by atoms with Gasteiger partial charge in [0, 0.05) is 34.3 Å². The summed E-state index contributed by atoms with van der Waals surface area (Å²) in [4.78, 5) is 7.63. The van der Waals surface area contributed by atoms with Gasteiger partial charge in [-0.05, 0) is 46.1 Å². The minimum Gasteiger partial charge on any atom is -0.366 e. The van der Waals surface area contributed by atoms with Crippen molar-refractivity contribution >= 4 is 32.7 Å². The van der Waals surface area contributed by atoms with Crippen LogP contribution in [0.25, 0.3) is 10.9 Å². The smallest absolute Gasteiger partial charge is 0.126 e. The zero-order valence-corrected chi connectivity index (χ0v) is 12.2. The molecule has 0 fully saturated rings. The van der Waals surface area contributed by atoms with Gasteiger partial charge in [-0.3, -0.25) is 0 Å². The Morgan fingerprint density at radius 3 is 3.00 bits per heavy atom. The van der Waals surface area contributed by atoms with Crippen molar-refractivity contribution in [3.8, 4) is 0 Å². The van der Waals surface area contributed by atoms with Crippen LogP contribution in [0.5, 0.6) is 0 Å². The number of rotatable bonds is 3. The number of nitrogens with one attached hydrogen (secondary N) is 2. The summed E-state index contributed by atoms with van der Waals surface area (Å²) in [7, 11) is 0.